The minimum atomic E-state index is -0.964. The van der Waals surface area contributed by atoms with Gasteiger partial charge in [0.15, 0.2) is 0 Å². The van der Waals surface area contributed by atoms with E-state index in [0.717, 1.165) is 37.3 Å². The summed E-state index contributed by atoms with van der Waals surface area (Å²) < 4.78 is 5.58. The number of carbonyl (C=O) groups excluding carboxylic acids is 1. The van der Waals surface area contributed by atoms with Gasteiger partial charge in [0.05, 0.1) is 17.9 Å². The Morgan fingerprint density at radius 3 is 2.44 bits per heavy atom. The van der Waals surface area contributed by atoms with Crippen molar-refractivity contribution in [1.82, 2.24) is 15.5 Å². The summed E-state index contributed by atoms with van der Waals surface area (Å²) in [7, 11) is 0. The summed E-state index contributed by atoms with van der Waals surface area (Å²) in [6, 6.07) is 10.0. The van der Waals surface area contributed by atoms with E-state index in [9.17, 15) is 9.59 Å². The highest BCUT2D eigenvalue weighted by Gasteiger charge is 2.24. The van der Waals surface area contributed by atoms with E-state index in [1.165, 1.54) is 18.6 Å². The molecule has 7 nitrogen and oxygen atoms in total. The summed E-state index contributed by atoms with van der Waals surface area (Å²) in [4.78, 5) is 25.4. The molecule has 0 saturated carbocycles. The highest BCUT2D eigenvalue weighted by molar-refractivity contribution is 5.87. The SMILES string of the molecule is O=C(NCc1ccc(C(=O)O)cc1)NCC(c1ccco1)N1CCCCC1. The van der Waals surface area contributed by atoms with Gasteiger partial charge in [0.1, 0.15) is 5.76 Å². The molecule has 1 saturated heterocycles. The maximum atomic E-state index is 12.2. The van der Waals surface area contributed by atoms with E-state index in [4.69, 9.17) is 9.52 Å². The summed E-state index contributed by atoms with van der Waals surface area (Å²) in [6.07, 6.45) is 5.23. The fraction of sp³-hybridized carbons (Fsp3) is 0.400. The second-order valence-electron chi connectivity index (χ2n) is 6.69. The Hall–Kier alpha value is -2.80. The summed E-state index contributed by atoms with van der Waals surface area (Å²) in [5.41, 5.74) is 1.07. The summed E-state index contributed by atoms with van der Waals surface area (Å²) in [6.45, 7) is 2.81. The van der Waals surface area contributed by atoms with E-state index < -0.39 is 5.97 Å². The number of carboxylic acid groups (broad SMARTS) is 1. The number of carboxylic acids is 1. The standard InChI is InChI=1S/C20H25N3O4/c24-19(25)16-8-6-15(7-9-16)13-21-20(26)22-14-17(18-5-4-12-27-18)23-10-2-1-3-11-23/h4-9,12,17H,1-3,10-11,13-14H2,(H,24,25)(H2,21,22,26). The van der Waals surface area contributed by atoms with Gasteiger partial charge in [-0.2, -0.15) is 0 Å². The molecular weight excluding hydrogens is 346 g/mol. The molecule has 2 amide bonds. The van der Waals surface area contributed by atoms with Crippen molar-refractivity contribution in [3.8, 4) is 0 Å². The lowest BCUT2D eigenvalue weighted by molar-refractivity contribution is 0.0697. The summed E-state index contributed by atoms with van der Waals surface area (Å²) >= 11 is 0. The van der Waals surface area contributed by atoms with Crippen LogP contribution in [0.3, 0.4) is 0 Å². The van der Waals surface area contributed by atoms with Gasteiger partial charge in [-0.15, -0.1) is 0 Å². The van der Waals surface area contributed by atoms with Crippen LogP contribution in [0.5, 0.6) is 0 Å². The van der Waals surface area contributed by atoms with E-state index in [1.807, 2.05) is 12.1 Å². The predicted molar refractivity (Wildman–Crippen MR) is 101 cm³/mol. The van der Waals surface area contributed by atoms with Gasteiger partial charge in [-0.25, -0.2) is 9.59 Å². The maximum absolute atomic E-state index is 12.2. The lowest BCUT2D eigenvalue weighted by atomic mass is 10.1. The first-order valence-corrected chi connectivity index (χ1v) is 9.25. The van der Waals surface area contributed by atoms with Crippen LogP contribution in [0, 0.1) is 0 Å². The average molecular weight is 371 g/mol. The molecule has 0 aliphatic carbocycles. The molecule has 0 spiro atoms. The maximum Gasteiger partial charge on any atom is 0.335 e. The molecule has 1 aromatic heterocycles. The van der Waals surface area contributed by atoms with E-state index in [-0.39, 0.29) is 17.6 Å². The van der Waals surface area contributed by atoms with Crippen LogP contribution in [0.25, 0.3) is 0 Å². The summed E-state index contributed by atoms with van der Waals surface area (Å²) in [5, 5.41) is 14.6. The number of amides is 2. The number of piperidine rings is 1. The molecule has 3 rings (SSSR count). The van der Waals surface area contributed by atoms with E-state index >= 15 is 0 Å². The number of furan rings is 1. The van der Waals surface area contributed by atoms with Crippen molar-refractivity contribution in [3.63, 3.8) is 0 Å². The van der Waals surface area contributed by atoms with Gasteiger partial charge in [-0.1, -0.05) is 18.6 Å². The number of carbonyl (C=O) groups is 2. The van der Waals surface area contributed by atoms with Crippen LogP contribution >= 0.6 is 0 Å². The van der Waals surface area contributed by atoms with Gasteiger partial charge >= 0.3 is 12.0 Å². The molecule has 1 unspecified atom stereocenters. The molecule has 27 heavy (non-hydrogen) atoms. The molecule has 1 aromatic carbocycles. The Labute approximate surface area is 158 Å². The van der Waals surface area contributed by atoms with Gasteiger partial charge in [-0.3, -0.25) is 4.90 Å². The molecule has 2 heterocycles. The molecule has 1 fully saturated rings. The van der Waals surface area contributed by atoms with Crippen LogP contribution < -0.4 is 10.6 Å². The van der Waals surface area contributed by atoms with E-state index in [0.29, 0.717) is 13.1 Å². The molecule has 1 atom stereocenters. The zero-order chi connectivity index (χ0) is 19.1. The lowest BCUT2D eigenvalue weighted by Crippen LogP contribution is -2.43. The zero-order valence-electron chi connectivity index (χ0n) is 15.2. The highest BCUT2D eigenvalue weighted by atomic mass is 16.4. The fourth-order valence-corrected chi connectivity index (χ4v) is 3.32. The number of rotatable bonds is 7. The molecule has 3 N–H and O–H groups in total. The first-order valence-electron chi connectivity index (χ1n) is 9.25. The average Bonchev–Trinajstić information content (AvgIpc) is 3.22. The number of hydrogen-bond acceptors (Lipinski definition) is 4. The third-order valence-corrected chi connectivity index (χ3v) is 4.81. The topological polar surface area (TPSA) is 94.8 Å². The predicted octanol–water partition coefficient (Wildman–Crippen LogP) is 3.00. The third-order valence-electron chi connectivity index (χ3n) is 4.81. The minimum absolute atomic E-state index is 0.0286. The lowest BCUT2D eigenvalue weighted by Gasteiger charge is -2.33. The molecule has 1 aliphatic heterocycles. The third kappa shape index (κ3) is 5.34. The Morgan fingerprint density at radius 1 is 1.07 bits per heavy atom. The van der Waals surface area contributed by atoms with Crippen LogP contribution in [0.2, 0.25) is 0 Å². The Bertz CT molecular complexity index is 737. The minimum Gasteiger partial charge on any atom is -0.478 e. The van der Waals surface area contributed by atoms with Gasteiger partial charge in [-0.05, 0) is 55.8 Å². The van der Waals surface area contributed by atoms with Crippen molar-refractivity contribution in [2.45, 2.75) is 31.8 Å². The summed E-state index contributed by atoms with van der Waals surface area (Å²) in [5.74, 6) is -0.101. The van der Waals surface area contributed by atoms with Gasteiger partial charge < -0.3 is 20.2 Å². The van der Waals surface area contributed by atoms with Crippen LogP contribution in [-0.4, -0.2) is 41.6 Å². The molecular formula is C20H25N3O4. The Morgan fingerprint density at radius 2 is 1.81 bits per heavy atom. The number of likely N-dealkylation sites (tertiary alicyclic amines) is 1. The second-order valence-corrected chi connectivity index (χ2v) is 6.69. The number of nitrogens with zero attached hydrogens (tertiary/aromatic N) is 1. The highest BCUT2D eigenvalue weighted by Crippen LogP contribution is 2.24. The molecule has 2 aromatic rings. The van der Waals surface area contributed by atoms with Crippen molar-refractivity contribution in [2.75, 3.05) is 19.6 Å². The van der Waals surface area contributed by atoms with E-state index in [2.05, 4.69) is 15.5 Å². The fourth-order valence-electron chi connectivity index (χ4n) is 3.32. The molecule has 1 aliphatic rings. The number of nitrogens with one attached hydrogen (secondary N) is 2. The van der Waals surface area contributed by atoms with Crippen LogP contribution in [0.4, 0.5) is 4.79 Å². The first kappa shape index (κ1) is 19.0. The van der Waals surface area contributed by atoms with Crippen LogP contribution in [0.15, 0.2) is 47.1 Å². The van der Waals surface area contributed by atoms with Gasteiger partial charge in [0, 0.05) is 13.1 Å². The smallest absolute Gasteiger partial charge is 0.335 e. The van der Waals surface area contributed by atoms with Crippen LogP contribution in [0.1, 0.15) is 47.0 Å². The first-order chi connectivity index (χ1) is 13.1. The van der Waals surface area contributed by atoms with Crippen LogP contribution in [-0.2, 0) is 6.54 Å². The molecule has 0 radical (unpaired) electrons. The normalized spacial score (nSPS) is 15.9. The number of hydrogen-bond donors (Lipinski definition) is 3. The van der Waals surface area contributed by atoms with Crippen molar-refractivity contribution in [1.29, 1.82) is 0 Å². The Balaban J connectivity index is 1.50. The van der Waals surface area contributed by atoms with E-state index in [1.54, 1.807) is 18.4 Å². The Kier molecular flexibility index (Phi) is 6.49. The second kappa shape index (κ2) is 9.23. The largest absolute Gasteiger partial charge is 0.478 e. The molecule has 0 bridgehead atoms. The zero-order valence-corrected chi connectivity index (χ0v) is 15.2. The molecule has 7 heteroatoms. The van der Waals surface area contributed by atoms with Crippen molar-refractivity contribution in [2.24, 2.45) is 0 Å². The van der Waals surface area contributed by atoms with Crippen molar-refractivity contribution in [3.05, 3.63) is 59.5 Å². The van der Waals surface area contributed by atoms with Gasteiger partial charge in [0.2, 0.25) is 0 Å². The van der Waals surface area contributed by atoms with Gasteiger partial charge in [0.25, 0.3) is 0 Å². The van der Waals surface area contributed by atoms with Crippen molar-refractivity contribution >= 4 is 12.0 Å². The monoisotopic (exact) mass is 371 g/mol. The number of urea groups is 1. The number of aromatic carboxylic acids is 1. The molecule has 144 valence electrons. The number of benzene rings is 1. The quantitative estimate of drug-likeness (QED) is 0.695. The van der Waals surface area contributed by atoms with Crippen molar-refractivity contribution < 1.29 is 19.1 Å².